The second-order valence-corrected chi connectivity index (χ2v) is 6.83. The number of morpholine rings is 1. The summed E-state index contributed by atoms with van der Waals surface area (Å²) in [7, 11) is 0. The fourth-order valence-corrected chi connectivity index (χ4v) is 3.37. The summed E-state index contributed by atoms with van der Waals surface area (Å²) in [4.78, 5) is 13.3. The molecule has 2 unspecified atom stereocenters. The standard InChI is InChI=1S/C20H28N4O/c1-5-23(14-18-10-21-17(4)22-11-18)19-6-8-20(9-7-19)24-12-15(2)25-16(3)13-24/h6-11,15-16H,5,12-14H2,1-4H3. The van der Waals surface area contributed by atoms with Crippen LogP contribution in [-0.2, 0) is 11.3 Å². The highest BCUT2D eigenvalue weighted by Crippen LogP contribution is 2.24. The molecular formula is C20H28N4O. The largest absolute Gasteiger partial charge is 0.372 e. The fourth-order valence-electron chi connectivity index (χ4n) is 3.37. The third kappa shape index (κ3) is 4.48. The molecule has 1 aliphatic rings. The lowest BCUT2D eigenvalue weighted by molar-refractivity contribution is -0.00521. The lowest BCUT2D eigenvalue weighted by atomic mass is 10.1. The van der Waals surface area contributed by atoms with Gasteiger partial charge < -0.3 is 14.5 Å². The Labute approximate surface area is 150 Å². The molecule has 0 spiro atoms. The van der Waals surface area contributed by atoms with E-state index in [1.165, 1.54) is 11.4 Å². The molecule has 2 heterocycles. The zero-order valence-electron chi connectivity index (χ0n) is 15.6. The first-order chi connectivity index (χ1) is 12.0. The van der Waals surface area contributed by atoms with Crippen LogP contribution in [0.25, 0.3) is 0 Å². The topological polar surface area (TPSA) is 41.5 Å². The van der Waals surface area contributed by atoms with Gasteiger partial charge in [-0.2, -0.15) is 0 Å². The first-order valence-corrected chi connectivity index (χ1v) is 9.08. The smallest absolute Gasteiger partial charge is 0.125 e. The molecule has 134 valence electrons. The van der Waals surface area contributed by atoms with Gasteiger partial charge in [-0.25, -0.2) is 9.97 Å². The zero-order chi connectivity index (χ0) is 17.8. The second-order valence-electron chi connectivity index (χ2n) is 6.83. The van der Waals surface area contributed by atoms with E-state index in [0.717, 1.165) is 37.6 Å². The average molecular weight is 340 g/mol. The molecule has 5 nitrogen and oxygen atoms in total. The molecule has 2 aromatic rings. The maximum absolute atomic E-state index is 5.83. The van der Waals surface area contributed by atoms with Gasteiger partial charge in [0.05, 0.1) is 12.2 Å². The predicted octanol–water partition coefficient (Wildman–Crippen LogP) is 3.43. The molecule has 1 aromatic heterocycles. The van der Waals surface area contributed by atoms with Gasteiger partial charge >= 0.3 is 0 Å². The van der Waals surface area contributed by atoms with Crippen molar-refractivity contribution < 1.29 is 4.74 Å². The van der Waals surface area contributed by atoms with Crippen LogP contribution >= 0.6 is 0 Å². The van der Waals surface area contributed by atoms with E-state index in [1.54, 1.807) is 0 Å². The summed E-state index contributed by atoms with van der Waals surface area (Å²) in [5.41, 5.74) is 3.62. The molecule has 1 fully saturated rings. The Morgan fingerprint density at radius 3 is 2.24 bits per heavy atom. The molecule has 5 heteroatoms. The van der Waals surface area contributed by atoms with Crippen LogP contribution in [0.15, 0.2) is 36.7 Å². The summed E-state index contributed by atoms with van der Waals surface area (Å²) in [6, 6.07) is 8.85. The highest BCUT2D eigenvalue weighted by Gasteiger charge is 2.22. The summed E-state index contributed by atoms with van der Waals surface area (Å²) < 4.78 is 5.83. The third-order valence-corrected chi connectivity index (χ3v) is 4.59. The number of hydrogen-bond donors (Lipinski definition) is 0. The van der Waals surface area contributed by atoms with Crippen molar-refractivity contribution >= 4 is 11.4 Å². The summed E-state index contributed by atoms with van der Waals surface area (Å²) >= 11 is 0. The SMILES string of the molecule is CCN(Cc1cnc(C)nc1)c1ccc(N2CC(C)OC(C)C2)cc1. The third-order valence-electron chi connectivity index (χ3n) is 4.59. The van der Waals surface area contributed by atoms with E-state index in [-0.39, 0.29) is 12.2 Å². The van der Waals surface area contributed by atoms with Crippen LogP contribution in [0.5, 0.6) is 0 Å². The van der Waals surface area contributed by atoms with Gasteiger partial charge in [0.1, 0.15) is 5.82 Å². The van der Waals surface area contributed by atoms with E-state index in [2.05, 4.69) is 64.8 Å². The summed E-state index contributed by atoms with van der Waals surface area (Å²) in [6.45, 7) is 12.0. The van der Waals surface area contributed by atoms with Crippen LogP contribution < -0.4 is 9.80 Å². The Kier molecular flexibility index (Phi) is 5.53. The van der Waals surface area contributed by atoms with E-state index >= 15 is 0 Å². The number of aryl methyl sites for hydroxylation is 1. The quantitative estimate of drug-likeness (QED) is 0.834. The highest BCUT2D eigenvalue weighted by atomic mass is 16.5. The van der Waals surface area contributed by atoms with Gasteiger partial charge in [-0.15, -0.1) is 0 Å². The van der Waals surface area contributed by atoms with Crippen molar-refractivity contribution in [2.24, 2.45) is 0 Å². The monoisotopic (exact) mass is 340 g/mol. The van der Waals surface area contributed by atoms with Gasteiger partial charge in [0.25, 0.3) is 0 Å². The number of aromatic nitrogens is 2. The van der Waals surface area contributed by atoms with Crippen molar-refractivity contribution in [3.05, 3.63) is 48.0 Å². The summed E-state index contributed by atoms with van der Waals surface area (Å²) in [5, 5.41) is 0. The molecule has 25 heavy (non-hydrogen) atoms. The van der Waals surface area contributed by atoms with Crippen LogP contribution in [-0.4, -0.2) is 41.8 Å². The normalized spacial score (nSPS) is 20.6. The van der Waals surface area contributed by atoms with Crippen molar-refractivity contribution in [1.82, 2.24) is 9.97 Å². The zero-order valence-corrected chi connectivity index (χ0v) is 15.6. The minimum atomic E-state index is 0.275. The number of benzene rings is 1. The number of rotatable bonds is 5. The van der Waals surface area contributed by atoms with Crippen LogP contribution in [0, 0.1) is 6.92 Å². The molecule has 0 aliphatic carbocycles. The highest BCUT2D eigenvalue weighted by molar-refractivity contribution is 5.56. The van der Waals surface area contributed by atoms with Gasteiger partial charge in [0.2, 0.25) is 0 Å². The van der Waals surface area contributed by atoms with Gasteiger partial charge in [-0.05, 0) is 52.0 Å². The lowest BCUT2D eigenvalue weighted by Gasteiger charge is -2.37. The molecule has 2 atom stereocenters. The molecule has 3 rings (SSSR count). The maximum Gasteiger partial charge on any atom is 0.125 e. The van der Waals surface area contributed by atoms with E-state index in [9.17, 15) is 0 Å². The van der Waals surface area contributed by atoms with Crippen LogP contribution in [0.1, 0.15) is 32.2 Å². The Morgan fingerprint density at radius 1 is 1.08 bits per heavy atom. The molecule has 0 saturated carbocycles. The van der Waals surface area contributed by atoms with E-state index in [4.69, 9.17) is 4.74 Å². The number of ether oxygens (including phenoxy) is 1. The van der Waals surface area contributed by atoms with Crippen LogP contribution in [0.2, 0.25) is 0 Å². The van der Waals surface area contributed by atoms with Crippen molar-refractivity contribution in [3.8, 4) is 0 Å². The van der Waals surface area contributed by atoms with Gasteiger partial charge in [0, 0.05) is 55.5 Å². The van der Waals surface area contributed by atoms with E-state index < -0.39 is 0 Å². The number of hydrogen-bond acceptors (Lipinski definition) is 5. The Morgan fingerprint density at radius 2 is 1.68 bits per heavy atom. The Hall–Kier alpha value is -2.14. The Balaban J connectivity index is 1.70. The predicted molar refractivity (Wildman–Crippen MR) is 102 cm³/mol. The van der Waals surface area contributed by atoms with E-state index in [1.807, 2.05) is 19.3 Å². The molecule has 0 amide bonds. The van der Waals surface area contributed by atoms with Crippen LogP contribution in [0.4, 0.5) is 11.4 Å². The summed E-state index contributed by atoms with van der Waals surface area (Å²) in [6.07, 6.45) is 4.38. The number of nitrogens with zero attached hydrogens (tertiary/aromatic N) is 4. The first-order valence-electron chi connectivity index (χ1n) is 9.08. The van der Waals surface area contributed by atoms with Gasteiger partial charge in [0.15, 0.2) is 0 Å². The Bertz CT molecular complexity index is 661. The second kappa shape index (κ2) is 7.83. The maximum atomic E-state index is 5.83. The molecule has 1 saturated heterocycles. The molecule has 0 bridgehead atoms. The lowest BCUT2D eigenvalue weighted by Crippen LogP contribution is -2.45. The minimum Gasteiger partial charge on any atom is -0.372 e. The molecule has 1 aliphatic heterocycles. The molecular weight excluding hydrogens is 312 g/mol. The van der Waals surface area contributed by atoms with Crippen molar-refractivity contribution in [1.29, 1.82) is 0 Å². The molecule has 0 N–H and O–H groups in total. The van der Waals surface area contributed by atoms with Crippen molar-refractivity contribution in [2.45, 2.75) is 46.4 Å². The van der Waals surface area contributed by atoms with Crippen LogP contribution in [0.3, 0.4) is 0 Å². The minimum absolute atomic E-state index is 0.275. The van der Waals surface area contributed by atoms with Crippen molar-refractivity contribution in [2.75, 3.05) is 29.4 Å². The average Bonchev–Trinajstić information content (AvgIpc) is 2.60. The van der Waals surface area contributed by atoms with Gasteiger partial charge in [-0.1, -0.05) is 0 Å². The fraction of sp³-hybridized carbons (Fsp3) is 0.500. The number of anilines is 2. The van der Waals surface area contributed by atoms with Gasteiger partial charge in [-0.3, -0.25) is 0 Å². The summed E-state index contributed by atoms with van der Waals surface area (Å²) in [5.74, 6) is 0.810. The molecule has 1 aromatic carbocycles. The molecule has 0 radical (unpaired) electrons. The first kappa shape index (κ1) is 17.7. The van der Waals surface area contributed by atoms with E-state index in [0.29, 0.717) is 0 Å². The van der Waals surface area contributed by atoms with Crippen molar-refractivity contribution in [3.63, 3.8) is 0 Å².